The molecule has 0 saturated carbocycles. The van der Waals surface area contributed by atoms with Crippen LogP contribution < -0.4 is 16.0 Å². The minimum atomic E-state index is -0.220. The molecule has 2 aromatic rings. The van der Waals surface area contributed by atoms with E-state index in [2.05, 4.69) is 5.32 Å². The monoisotopic (exact) mass is 403 g/mol. The van der Waals surface area contributed by atoms with Crippen molar-refractivity contribution < 1.29 is 9.59 Å². The van der Waals surface area contributed by atoms with Crippen LogP contribution in [0.4, 0.5) is 10.5 Å². The highest BCUT2D eigenvalue weighted by atomic mass is 35.5. The van der Waals surface area contributed by atoms with Gasteiger partial charge in [-0.05, 0) is 30.7 Å². The molecular formula is C20H26ClN5O2. The molecule has 0 heterocycles. The highest BCUT2D eigenvalue weighted by Gasteiger charge is 2.18. The fourth-order valence-electron chi connectivity index (χ4n) is 2.66. The third-order valence-corrected chi connectivity index (χ3v) is 4.15. The molecule has 0 fully saturated rings. The zero-order chi connectivity index (χ0) is 20.1. The summed E-state index contributed by atoms with van der Waals surface area (Å²) in [6.07, 6.45) is 0. The van der Waals surface area contributed by atoms with Gasteiger partial charge in [0.05, 0.1) is 5.69 Å². The largest absolute Gasteiger partial charge is 0.384 e. The highest BCUT2D eigenvalue weighted by molar-refractivity contribution is 5.99. The molecule has 0 unspecified atom stereocenters. The molecule has 0 atom stereocenters. The first-order chi connectivity index (χ1) is 12.7. The Bertz CT molecular complexity index is 883. The van der Waals surface area contributed by atoms with Crippen molar-refractivity contribution in [3.63, 3.8) is 0 Å². The number of hydrogen-bond acceptors (Lipinski definition) is 3. The molecule has 0 saturated heterocycles. The van der Waals surface area contributed by atoms with Gasteiger partial charge in [-0.2, -0.15) is 0 Å². The molecule has 0 aliphatic rings. The quantitative estimate of drug-likeness (QED) is 0.528. The average Bonchev–Trinajstić information content (AvgIpc) is 2.64. The lowest BCUT2D eigenvalue weighted by atomic mass is 10.1. The van der Waals surface area contributed by atoms with Gasteiger partial charge in [0, 0.05) is 38.8 Å². The summed E-state index contributed by atoms with van der Waals surface area (Å²) < 4.78 is 0. The maximum absolute atomic E-state index is 12.4. The lowest BCUT2D eigenvalue weighted by molar-refractivity contribution is 0.0951. The summed E-state index contributed by atoms with van der Waals surface area (Å²) in [5, 5.41) is 10.5. The van der Waals surface area contributed by atoms with Crippen molar-refractivity contribution in [2.24, 2.45) is 5.73 Å². The second-order valence-electron chi connectivity index (χ2n) is 6.55. The lowest BCUT2D eigenvalue weighted by Crippen LogP contribution is -2.37. The Labute approximate surface area is 171 Å². The molecular weight excluding hydrogens is 378 g/mol. The molecule has 0 bridgehead atoms. The summed E-state index contributed by atoms with van der Waals surface area (Å²) in [4.78, 5) is 27.7. The molecule has 8 heteroatoms. The predicted molar refractivity (Wildman–Crippen MR) is 115 cm³/mol. The average molecular weight is 404 g/mol. The number of urea groups is 1. The Morgan fingerprint density at radius 3 is 2.32 bits per heavy atom. The van der Waals surface area contributed by atoms with Gasteiger partial charge in [-0.25, -0.2) is 4.79 Å². The van der Waals surface area contributed by atoms with Crippen LogP contribution in [0.25, 0.3) is 0 Å². The Hall–Kier alpha value is -3.06. The van der Waals surface area contributed by atoms with E-state index in [1.54, 1.807) is 45.4 Å². The van der Waals surface area contributed by atoms with Crippen LogP contribution in [0.5, 0.6) is 0 Å². The summed E-state index contributed by atoms with van der Waals surface area (Å²) in [5.41, 5.74) is 9.01. The number of nitrogen functional groups attached to an aromatic ring is 1. The molecule has 2 aromatic carbocycles. The molecule has 150 valence electrons. The van der Waals surface area contributed by atoms with Gasteiger partial charge in [-0.1, -0.05) is 29.8 Å². The number of amidine groups is 1. The van der Waals surface area contributed by atoms with Gasteiger partial charge < -0.3 is 16.0 Å². The van der Waals surface area contributed by atoms with Gasteiger partial charge in [0.25, 0.3) is 5.91 Å². The van der Waals surface area contributed by atoms with Gasteiger partial charge in [-0.15, -0.1) is 12.4 Å². The normalized spacial score (nSPS) is 9.86. The van der Waals surface area contributed by atoms with Crippen LogP contribution in [0.15, 0.2) is 42.5 Å². The molecule has 4 N–H and O–H groups in total. The number of aryl methyl sites for hydroxylation is 1. The van der Waals surface area contributed by atoms with Crippen LogP contribution >= 0.6 is 12.4 Å². The fourth-order valence-corrected chi connectivity index (χ4v) is 2.66. The standard InChI is InChI=1S/C20H25N5O2.ClH/c1-13-6-5-7-15(10-13)19(26)23-12-16-9-8-14(18(21)22)11-17(16)25(4)20(27)24(2)3;/h5-11H,12H2,1-4H3,(H3,21,22)(H,23,26);1H. The third-order valence-electron chi connectivity index (χ3n) is 4.15. The number of anilines is 1. The van der Waals surface area contributed by atoms with E-state index in [4.69, 9.17) is 11.1 Å². The number of carbonyl (C=O) groups is 2. The van der Waals surface area contributed by atoms with E-state index < -0.39 is 0 Å². The van der Waals surface area contributed by atoms with Crippen molar-refractivity contribution in [1.29, 1.82) is 5.41 Å². The molecule has 2 rings (SSSR count). The maximum Gasteiger partial charge on any atom is 0.323 e. The van der Waals surface area contributed by atoms with Crippen LogP contribution in [0.1, 0.15) is 27.0 Å². The van der Waals surface area contributed by atoms with Crippen molar-refractivity contribution in [3.8, 4) is 0 Å². The van der Waals surface area contributed by atoms with Crippen molar-refractivity contribution in [2.45, 2.75) is 13.5 Å². The van der Waals surface area contributed by atoms with Crippen LogP contribution in [-0.4, -0.2) is 43.8 Å². The number of carbonyl (C=O) groups excluding carboxylic acids is 2. The van der Waals surface area contributed by atoms with Gasteiger partial charge in [0.2, 0.25) is 0 Å². The number of hydrogen-bond donors (Lipinski definition) is 3. The first kappa shape index (κ1) is 23.0. The van der Waals surface area contributed by atoms with E-state index in [9.17, 15) is 9.59 Å². The Morgan fingerprint density at radius 2 is 1.75 bits per heavy atom. The summed E-state index contributed by atoms with van der Waals surface area (Å²) in [6.45, 7) is 2.17. The summed E-state index contributed by atoms with van der Waals surface area (Å²) in [5.74, 6) is -0.279. The number of benzene rings is 2. The van der Waals surface area contributed by atoms with E-state index >= 15 is 0 Å². The second-order valence-corrected chi connectivity index (χ2v) is 6.55. The molecule has 7 nitrogen and oxygen atoms in total. The van der Waals surface area contributed by atoms with Crippen molar-refractivity contribution in [2.75, 3.05) is 26.0 Å². The topological polar surface area (TPSA) is 103 Å². The van der Waals surface area contributed by atoms with Gasteiger partial charge in [0.15, 0.2) is 0 Å². The Morgan fingerprint density at radius 1 is 1.07 bits per heavy atom. The number of rotatable bonds is 5. The predicted octanol–water partition coefficient (Wildman–Crippen LogP) is 2.75. The minimum absolute atomic E-state index is 0. The second kappa shape index (κ2) is 9.75. The molecule has 0 radical (unpaired) electrons. The lowest BCUT2D eigenvalue weighted by Gasteiger charge is -2.25. The molecule has 3 amide bonds. The number of nitrogens with two attached hydrogens (primary N) is 1. The minimum Gasteiger partial charge on any atom is -0.384 e. The van der Waals surface area contributed by atoms with Gasteiger partial charge in [0.1, 0.15) is 5.84 Å². The first-order valence-corrected chi connectivity index (χ1v) is 8.48. The first-order valence-electron chi connectivity index (χ1n) is 8.48. The molecule has 0 aliphatic carbocycles. The SMILES string of the molecule is Cc1cccc(C(=O)NCc2ccc(C(=N)N)cc2N(C)C(=O)N(C)C)c1.Cl. The Kier molecular flexibility index (Phi) is 8.00. The number of nitrogens with one attached hydrogen (secondary N) is 2. The van der Waals surface area contributed by atoms with Crippen molar-refractivity contribution in [1.82, 2.24) is 10.2 Å². The number of nitrogens with zero attached hydrogens (tertiary/aromatic N) is 2. The van der Waals surface area contributed by atoms with E-state index in [1.165, 1.54) is 9.80 Å². The van der Waals surface area contributed by atoms with Crippen molar-refractivity contribution in [3.05, 3.63) is 64.7 Å². The fraction of sp³-hybridized carbons (Fsp3) is 0.250. The van der Waals surface area contributed by atoms with E-state index in [0.29, 0.717) is 16.8 Å². The summed E-state index contributed by atoms with van der Waals surface area (Å²) in [7, 11) is 4.97. The molecule has 0 spiro atoms. The smallest absolute Gasteiger partial charge is 0.323 e. The van der Waals surface area contributed by atoms with Crippen LogP contribution in [0, 0.1) is 12.3 Å². The third kappa shape index (κ3) is 5.47. The number of amides is 3. The zero-order valence-corrected chi connectivity index (χ0v) is 17.3. The maximum atomic E-state index is 12.4. The summed E-state index contributed by atoms with van der Waals surface area (Å²) >= 11 is 0. The molecule has 0 aromatic heterocycles. The Balaban J connectivity index is 0.00000392. The van der Waals surface area contributed by atoms with E-state index in [-0.39, 0.29) is 36.7 Å². The van der Waals surface area contributed by atoms with E-state index in [1.807, 2.05) is 25.1 Å². The molecule has 0 aliphatic heterocycles. The van der Waals surface area contributed by atoms with Crippen LogP contribution in [0.3, 0.4) is 0 Å². The number of halogens is 1. The van der Waals surface area contributed by atoms with Gasteiger partial charge in [-0.3, -0.25) is 15.1 Å². The van der Waals surface area contributed by atoms with Gasteiger partial charge >= 0.3 is 6.03 Å². The highest BCUT2D eigenvalue weighted by Crippen LogP contribution is 2.22. The van der Waals surface area contributed by atoms with Crippen LogP contribution in [0.2, 0.25) is 0 Å². The van der Waals surface area contributed by atoms with E-state index in [0.717, 1.165) is 11.1 Å². The van der Waals surface area contributed by atoms with Crippen LogP contribution in [-0.2, 0) is 6.54 Å². The summed E-state index contributed by atoms with van der Waals surface area (Å²) in [6, 6.07) is 12.3. The zero-order valence-electron chi connectivity index (χ0n) is 16.4. The molecule has 28 heavy (non-hydrogen) atoms. The van der Waals surface area contributed by atoms with Crippen molar-refractivity contribution >= 4 is 35.9 Å².